The van der Waals surface area contributed by atoms with E-state index in [1.165, 1.54) is 17.0 Å². The Bertz CT molecular complexity index is 584. The lowest BCUT2D eigenvalue weighted by Gasteiger charge is -2.14. The van der Waals surface area contributed by atoms with Gasteiger partial charge in [-0.3, -0.25) is 25.1 Å². The quantitative estimate of drug-likeness (QED) is 0.325. The van der Waals surface area contributed by atoms with Gasteiger partial charge in [0.1, 0.15) is 6.10 Å². The molecule has 0 radical (unpaired) electrons. The minimum Gasteiger partial charge on any atom is -0.363 e. The maximum Gasteiger partial charge on any atom is 0.332 e. The van der Waals surface area contributed by atoms with Gasteiger partial charge in [0.2, 0.25) is 0 Å². The van der Waals surface area contributed by atoms with Crippen LogP contribution in [0.3, 0.4) is 0 Å². The Hall–Kier alpha value is -2.26. The van der Waals surface area contributed by atoms with E-state index in [4.69, 9.17) is 10.6 Å². The molecule has 20 heavy (non-hydrogen) atoms. The summed E-state index contributed by atoms with van der Waals surface area (Å²) >= 11 is 0. The Morgan fingerprint density at radius 2 is 2.35 bits per heavy atom. The fraction of sp³-hybridized carbons (Fsp3) is 0.455. The van der Waals surface area contributed by atoms with Gasteiger partial charge in [0.25, 0.3) is 11.3 Å². The molecule has 1 aromatic rings. The number of hydrogen-bond acceptors (Lipinski definition) is 6. The zero-order valence-corrected chi connectivity index (χ0v) is 10.5. The molecule has 2 heterocycles. The van der Waals surface area contributed by atoms with Gasteiger partial charge in [0, 0.05) is 18.8 Å². The number of hydrazine groups is 1. The molecule has 1 aliphatic rings. The Kier molecular flexibility index (Phi) is 4.11. The number of ether oxygens (including phenoxy) is 1. The first-order valence-electron chi connectivity index (χ1n) is 6.01. The normalized spacial score (nSPS) is 21.6. The number of aromatic nitrogens is 1. The first-order chi connectivity index (χ1) is 9.51. The Morgan fingerprint density at radius 3 is 3.00 bits per heavy atom. The lowest BCUT2D eigenvalue weighted by molar-refractivity contribution is -0.386. The van der Waals surface area contributed by atoms with Crippen LogP contribution in [-0.2, 0) is 16.1 Å². The van der Waals surface area contributed by atoms with Gasteiger partial charge in [0.05, 0.1) is 17.2 Å². The number of carbonyl (C=O) groups excluding carboxylic acids is 1. The summed E-state index contributed by atoms with van der Waals surface area (Å²) in [6, 6.07) is 1.14. The maximum atomic E-state index is 11.3. The van der Waals surface area contributed by atoms with Gasteiger partial charge >= 0.3 is 5.69 Å². The second-order valence-electron chi connectivity index (χ2n) is 4.48. The summed E-state index contributed by atoms with van der Waals surface area (Å²) in [6.45, 7) is 0.329. The van der Waals surface area contributed by atoms with E-state index in [0.29, 0.717) is 19.4 Å². The van der Waals surface area contributed by atoms with E-state index in [1.54, 1.807) is 0 Å². The van der Waals surface area contributed by atoms with Gasteiger partial charge < -0.3 is 9.30 Å². The van der Waals surface area contributed by atoms with Gasteiger partial charge in [-0.05, 0) is 12.8 Å². The number of nitro groups is 1. The first-order valence-corrected chi connectivity index (χ1v) is 6.01. The molecular weight excluding hydrogens is 268 g/mol. The molecule has 1 aromatic heterocycles. The summed E-state index contributed by atoms with van der Waals surface area (Å²) in [5.74, 6) is 4.63. The molecule has 2 rings (SSSR count). The summed E-state index contributed by atoms with van der Waals surface area (Å²) < 4.78 is 6.99. The molecule has 3 N–H and O–H groups in total. The Balaban J connectivity index is 2.05. The number of nitrogens with zero attached hydrogens (tertiary/aromatic N) is 2. The van der Waals surface area contributed by atoms with E-state index >= 15 is 0 Å². The van der Waals surface area contributed by atoms with Crippen LogP contribution in [0.4, 0.5) is 5.69 Å². The minimum atomic E-state index is -0.723. The number of pyridine rings is 1. The molecule has 0 aliphatic carbocycles. The highest BCUT2D eigenvalue weighted by atomic mass is 16.6. The van der Waals surface area contributed by atoms with Crippen molar-refractivity contribution < 1.29 is 14.5 Å². The third kappa shape index (κ3) is 3.00. The Labute approximate surface area is 113 Å². The fourth-order valence-corrected chi connectivity index (χ4v) is 2.12. The van der Waals surface area contributed by atoms with Crippen molar-refractivity contribution in [1.82, 2.24) is 9.99 Å². The van der Waals surface area contributed by atoms with E-state index in [1.807, 2.05) is 5.43 Å². The van der Waals surface area contributed by atoms with E-state index in [0.717, 1.165) is 6.07 Å². The van der Waals surface area contributed by atoms with Crippen molar-refractivity contribution in [3.63, 3.8) is 0 Å². The molecule has 2 atom stereocenters. The lowest BCUT2D eigenvalue weighted by atomic mass is 10.2. The van der Waals surface area contributed by atoms with Crippen molar-refractivity contribution in [3.8, 4) is 0 Å². The molecule has 9 heteroatoms. The molecule has 0 spiro atoms. The van der Waals surface area contributed by atoms with Crippen LogP contribution < -0.4 is 16.7 Å². The molecule has 1 aliphatic heterocycles. The van der Waals surface area contributed by atoms with Crippen molar-refractivity contribution in [2.45, 2.75) is 31.6 Å². The summed E-state index contributed by atoms with van der Waals surface area (Å²) in [4.78, 5) is 32.5. The van der Waals surface area contributed by atoms with Crippen molar-refractivity contribution in [2.24, 2.45) is 5.84 Å². The second-order valence-corrected chi connectivity index (χ2v) is 4.48. The molecule has 0 bridgehead atoms. The number of hydrogen-bond donors (Lipinski definition) is 2. The zero-order valence-electron chi connectivity index (χ0n) is 10.5. The molecule has 1 fully saturated rings. The molecule has 108 valence electrons. The maximum absolute atomic E-state index is 11.3. The van der Waals surface area contributed by atoms with E-state index in [2.05, 4.69) is 0 Å². The highest BCUT2D eigenvalue weighted by Crippen LogP contribution is 2.21. The summed E-state index contributed by atoms with van der Waals surface area (Å²) in [6.07, 6.45) is 2.95. The average Bonchev–Trinajstić information content (AvgIpc) is 2.88. The number of rotatable bonds is 4. The highest BCUT2D eigenvalue weighted by Gasteiger charge is 2.30. The van der Waals surface area contributed by atoms with Gasteiger partial charge in [0.15, 0.2) is 0 Å². The summed E-state index contributed by atoms with van der Waals surface area (Å²) in [7, 11) is 0. The molecule has 0 aromatic carbocycles. The topological polar surface area (TPSA) is 129 Å². The molecule has 2 unspecified atom stereocenters. The van der Waals surface area contributed by atoms with Crippen LogP contribution >= 0.6 is 0 Å². The second kappa shape index (κ2) is 5.80. The Morgan fingerprint density at radius 1 is 1.60 bits per heavy atom. The SMILES string of the molecule is NNC(=O)C1CCC(Cn2ccc(=O)c([N+](=O)[O-])c2)O1. The summed E-state index contributed by atoms with van der Waals surface area (Å²) in [5.41, 5.74) is 0.897. The number of nitrogens with two attached hydrogens (primary N) is 1. The smallest absolute Gasteiger partial charge is 0.332 e. The van der Waals surface area contributed by atoms with Crippen LogP contribution in [0.25, 0.3) is 0 Å². The van der Waals surface area contributed by atoms with Crippen LogP contribution in [0.5, 0.6) is 0 Å². The summed E-state index contributed by atoms with van der Waals surface area (Å²) in [5, 5.41) is 10.7. The van der Waals surface area contributed by atoms with Gasteiger partial charge in [-0.2, -0.15) is 0 Å². The van der Waals surface area contributed by atoms with E-state index in [9.17, 15) is 19.7 Å². The van der Waals surface area contributed by atoms with Crippen LogP contribution in [-0.4, -0.2) is 27.6 Å². The van der Waals surface area contributed by atoms with E-state index < -0.39 is 28.1 Å². The standard InChI is InChI=1S/C11H14N4O5/c12-13-11(17)10-2-1-7(20-10)5-14-4-3-9(16)8(6-14)15(18)19/h3-4,6-7,10H,1-2,5,12H2,(H,13,17). The van der Waals surface area contributed by atoms with E-state index in [-0.39, 0.29) is 6.10 Å². The van der Waals surface area contributed by atoms with Crippen LogP contribution in [0, 0.1) is 10.1 Å². The molecule has 1 amide bonds. The van der Waals surface area contributed by atoms with Crippen molar-refractivity contribution in [2.75, 3.05) is 0 Å². The molecule has 9 nitrogen and oxygen atoms in total. The predicted octanol–water partition coefficient (Wildman–Crippen LogP) is -0.706. The third-order valence-electron chi connectivity index (χ3n) is 3.11. The van der Waals surface area contributed by atoms with Gasteiger partial charge in [-0.15, -0.1) is 0 Å². The highest BCUT2D eigenvalue weighted by molar-refractivity contribution is 5.80. The molecule has 1 saturated heterocycles. The first kappa shape index (κ1) is 14.2. The molecular formula is C11H14N4O5. The van der Waals surface area contributed by atoms with Crippen molar-refractivity contribution >= 4 is 11.6 Å². The number of carbonyl (C=O) groups is 1. The lowest BCUT2D eigenvalue weighted by Crippen LogP contribution is -2.39. The monoisotopic (exact) mass is 282 g/mol. The van der Waals surface area contributed by atoms with Crippen LogP contribution in [0.2, 0.25) is 0 Å². The predicted molar refractivity (Wildman–Crippen MR) is 67.6 cm³/mol. The molecule has 0 saturated carbocycles. The number of nitrogens with one attached hydrogen (secondary N) is 1. The number of amides is 1. The van der Waals surface area contributed by atoms with Gasteiger partial charge in [-0.1, -0.05) is 0 Å². The van der Waals surface area contributed by atoms with Gasteiger partial charge in [-0.25, -0.2) is 5.84 Å². The minimum absolute atomic E-state index is 0.251. The zero-order chi connectivity index (χ0) is 14.7. The van der Waals surface area contributed by atoms with Crippen LogP contribution in [0.15, 0.2) is 23.3 Å². The average molecular weight is 282 g/mol. The van der Waals surface area contributed by atoms with Crippen molar-refractivity contribution in [3.05, 3.63) is 38.8 Å². The van der Waals surface area contributed by atoms with Crippen LogP contribution in [0.1, 0.15) is 12.8 Å². The third-order valence-corrected chi connectivity index (χ3v) is 3.11. The van der Waals surface area contributed by atoms with Crippen molar-refractivity contribution in [1.29, 1.82) is 0 Å². The largest absolute Gasteiger partial charge is 0.363 e. The fourth-order valence-electron chi connectivity index (χ4n) is 2.12.